The summed E-state index contributed by atoms with van der Waals surface area (Å²) in [6.07, 6.45) is 7.30. The molecule has 3 aromatic rings. The van der Waals surface area contributed by atoms with Gasteiger partial charge in [0.25, 0.3) is 0 Å². The number of benzene rings is 1. The van der Waals surface area contributed by atoms with Crippen molar-refractivity contribution in [3.63, 3.8) is 0 Å². The fourth-order valence-corrected chi connectivity index (χ4v) is 3.62. The van der Waals surface area contributed by atoms with E-state index in [9.17, 15) is 0 Å². The molecule has 4 rings (SSSR count). The van der Waals surface area contributed by atoms with Gasteiger partial charge in [-0.1, -0.05) is 56.2 Å². The standard InChI is InChI=1S/C20H23N3/c1-15(16-9-3-2-4-10-16)19-20(21-17-11-5-6-12-17)23-14-8-7-13-18(23)22-19/h2-4,7-10,13-15,17,21H,5-6,11-12H2,1H3. The van der Waals surface area contributed by atoms with Gasteiger partial charge in [-0.05, 0) is 30.5 Å². The minimum Gasteiger partial charge on any atom is -0.367 e. The van der Waals surface area contributed by atoms with Gasteiger partial charge in [0.05, 0.1) is 5.69 Å². The summed E-state index contributed by atoms with van der Waals surface area (Å²) in [7, 11) is 0. The van der Waals surface area contributed by atoms with E-state index in [0.717, 1.165) is 11.3 Å². The first-order valence-electron chi connectivity index (χ1n) is 8.61. The third-order valence-corrected chi connectivity index (χ3v) is 4.96. The van der Waals surface area contributed by atoms with E-state index in [4.69, 9.17) is 4.98 Å². The lowest BCUT2D eigenvalue weighted by atomic mass is 9.97. The van der Waals surface area contributed by atoms with Crippen molar-refractivity contribution >= 4 is 11.5 Å². The van der Waals surface area contributed by atoms with Gasteiger partial charge < -0.3 is 5.32 Å². The predicted molar refractivity (Wildman–Crippen MR) is 95.0 cm³/mol. The highest BCUT2D eigenvalue weighted by atomic mass is 15.1. The summed E-state index contributed by atoms with van der Waals surface area (Å²) in [5, 5.41) is 3.78. The second-order valence-electron chi connectivity index (χ2n) is 6.53. The molecule has 0 aliphatic heterocycles. The third kappa shape index (κ3) is 2.72. The second kappa shape index (κ2) is 6.07. The molecule has 0 radical (unpaired) electrons. The molecule has 1 aliphatic rings. The van der Waals surface area contributed by atoms with E-state index in [0.29, 0.717) is 6.04 Å². The molecule has 1 fully saturated rings. The number of fused-ring (bicyclic) bond motifs is 1. The van der Waals surface area contributed by atoms with Crippen molar-refractivity contribution in [3.05, 3.63) is 66.0 Å². The van der Waals surface area contributed by atoms with Gasteiger partial charge in [-0.15, -0.1) is 0 Å². The monoisotopic (exact) mass is 305 g/mol. The minimum absolute atomic E-state index is 0.278. The zero-order valence-corrected chi connectivity index (χ0v) is 13.6. The molecule has 0 spiro atoms. The zero-order valence-electron chi connectivity index (χ0n) is 13.6. The summed E-state index contributed by atoms with van der Waals surface area (Å²) in [5.41, 5.74) is 3.48. The molecule has 0 saturated heterocycles. The number of rotatable bonds is 4. The Morgan fingerprint density at radius 1 is 1.04 bits per heavy atom. The average Bonchev–Trinajstić information content (AvgIpc) is 3.24. The number of nitrogens with zero attached hydrogens (tertiary/aromatic N) is 2. The quantitative estimate of drug-likeness (QED) is 0.747. The Kier molecular flexibility index (Phi) is 3.78. The topological polar surface area (TPSA) is 29.3 Å². The smallest absolute Gasteiger partial charge is 0.138 e. The third-order valence-electron chi connectivity index (χ3n) is 4.96. The van der Waals surface area contributed by atoms with E-state index in [-0.39, 0.29) is 5.92 Å². The number of imidazole rings is 1. The average molecular weight is 305 g/mol. The SMILES string of the molecule is CC(c1ccccc1)c1nc2ccccn2c1NC1CCCC1. The molecular weight excluding hydrogens is 282 g/mol. The van der Waals surface area contributed by atoms with Gasteiger partial charge >= 0.3 is 0 Å². The first-order chi connectivity index (χ1) is 11.3. The molecule has 2 aromatic heterocycles. The highest BCUT2D eigenvalue weighted by molar-refractivity contribution is 5.58. The van der Waals surface area contributed by atoms with Crippen LogP contribution in [0.15, 0.2) is 54.7 Å². The largest absolute Gasteiger partial charge is 0.367 e. The minimum atomic E-state index is 0.278. The van der Waals surface area contributed by atoms with Gasteiger partial charge in [0, 0.05) is 18.2 Å². The lowest BCUT2D eigenvalue weighted by Gasteiger charge is -2.17. The van der Waals surface area contributed by atoms with Gasteiger partial charge in [0.2, 0.25) is 0 Å². The molecule has 1 N–H and O–H groups in total. The van der Waals surface area contributed by atoms with Crippen LogP contribution in [0.1, 0.15) is 49.8 Å². The summed E-state index contributed by atoms with van der Waals surface area (Å²) in [6, 6.07) is 17.4. The summed E-state index contributed by atoms with van der Waals surface area (Å²) >= 11 is 0. The van der Waals surface area contributed by atoms with Crippen molar-refractivity contribution in [1.29, 1.82) is 0 Å². The number of aromatic nitrogens is 2. The Hall–Kier alpha value is -2.29. The lowest BCUT2D eigenvalue weighted by Crippen LogP contribution is -2.17. The number of hydrogen-bond acceptors (Lipinski definition) is 2. The van der Waals surface area contributed by atoms with Crippen molar-refractivity contribution in [3.8, 4) is 0 Å². The first kappa shape index (κ1) is 14.3. The molecular formula is C20H23N3. The molecule has 1 unspecified atom stereocenters. The Balaban J connectivity index is 1.78. The maximum atomic E-state index is 4.93. The second-order valence-corrected chi connectivity index (χ2v) is 6.53. The zero-order chi connectivity index (χ0) is 15.6. The molecule has 0 amide bonds. The molecule has 23 heavy (non-hydrogen) atoms. The number of anilines is 1. The molecule has 1 aromatic carbocycles. The molecule has 118 valence electrons. The fraction of sp³-hybridized carbons (Fsp3) is 0.350. The normalized spacial score (nSPS) is 16.7. The van der Waals surface area contributed by atoms with Crippen LogP contribution in [0.25, 0.3) is 5.65 Å². The van der Waals surface area contributed by atoms with Crippen molar-refractivity contribution in [2.75, 3.05) is 5.32 Å². The van der Waals surface area contributed by atoms with Crippen LogP contribution in [-0.4, -0.2) is 15.4 Å². The van der Waals surface area contributed by atoms with Crippen LogP contribution in [0.3, 0.4) is 0 Å². The molecule has 1 atom stereocenters. The van der Waals surface area contributed by atoms with E-state index >= 15 is 0 Å². The highest BCUT2D eigenvalue weighted by Crippen LogP contribution is 2.32. The maximum absolute atomic E-state index is 4.93. The molecule has 1 aliphatic carbocycles. The number of nitrogens with one attached hydrogen (secondary N) is 1. The van der Waals surface area contributed by atoms with Gasteiger partial charge in [0.1, 0.15) is 11.5 Å². The maximum Gasteiger partial charge on any atom is 0.138 e. The van der Waals surface area contributed by atoms with Crippen LogP contribution in [-0.2, 0) is 0 Å². The molecule has 2 heterocycles. The number of hydrogen-bond donors (Lipinski definition) is 1. The fourth-order valence-electron chi connectivity index (χ4n) is 3.62. The van der Waals surface area contributed by atoms with Crippen LogP contribution >= 0.6 is 0 Å². The Labute approximate surface area is 137 Å². The first-order valence-corrected chi connectivity index (χ1v) is 8.61. The van der Waals surface area contributed by atoms with Crippen molar-refractivity contribution in [1.82, 2.24) is 9.38 Å². The number of pyridine rings is 1. The van der Waals surface area contributed by atoms with Crippen LogP contribution in [0.4, 0.5) is 5.82 Å². The van der Waals surface area contributed by atoms with Crippen LogP contribution in [0, 0.1) is 0 Å². The van der Waals surface area contributed by atoms with E-state index in [2.05, 4.69) is 71.4 Å². The van der Waals surface area contributed by atoms with Crippen LogP contribution in [0.5, 0.6) is 0 Å². The van der Waals surface area contributed by atoms with Crippen LogP contribution in [0.2, 0.25) is 0 Å². The predicted octanol–water partition coefficient (Wildman–Crippen LogP) is 4.84. The van der Waals surface area contributed by atoms with Gasteiger partial charge in [-0.3, -0.25) is 4.40 Å². The van der Waals surface area contributed by atoms with Gasteiger partial charge in [-0.2, -0.15) is 0 Å². The Bertz CT molecular complexity index is 785. The Morgan fingerprint density at radius 3 is 2.57 bits per heavy atom. The summed E-state index contributed by atoms with van der Waals surface area (Å²) in [6.45, 7) is 2.25. The van der Waals surface area contributed by atoms with E-state index in [1.165, 1.54) is 37.1 Å². The molecule has 3 heteroatoms. The van der Waals surface area contributed by atoms with E-state index < -0.39 is 0 Å². The lowest BCUT2D eigenvalue weighted by molar-refractivity contribution is 0.743. The van der Waals surface area contributed by atoms with Crippen molar-refractivity contribution in [2.24, 2.45) is 0 Å². The molecule has 3 nitrogen and oxygen atoms in total. The van der Waals surface area contributed by atoms with Gasteiger partial charge in [-0.25, -0.2) is 4.98 Å². The van der Waals surface area contributed by atoms with Crippen molar-refractivity contribution in [2.45, 2.75) is 44.6 Å². The summed E-state index contributed by atoms with van der Waals surface area (Å²) in [4.78, 5) is 4.93. The van der Waals surface area contributed by atoms with Crippen molar-refractivity contribution < 1.29 is 0 Å². The summed E-state index contributed by atoms with van der Waals surface area (Å²) in [5.74, 6) is 1.45. The van der Waals surface area contributed by atoms with Crippen LogP contribution < -0.4 is 5.32 Å². The molecule has 0 bridgehead atoms. The van der Waals surface area contributed by atoms with E-state index in [1.807, 2.05) is 0 Å². The van der Waals surface area contributed by atoms with Gasteiger partial charge in [0.15, 0.2) is 0 Å². The molecule has 1 saturated carbocycles. The highest BCUT2D eigenvalue weighted by Gasteiger charge is 2.23. The summed E-state index contributed by atoms with van der Waals surface area (Å²) < 4.78 is 2.20. The Morgan fingerprint density at radius 2 is 1.78 bits per heavy atom. The van der Waals surface area contributed by atoms with E-state index in [1.54, 1.807) is 0 Å².